The minimum Gasteiger partial charge on any atom is -0.497 e. The van der Waals surface area contributed by atoms with Crippen molar-refractivity contribution in [3.05, 3.63) is 65.9 Å². The zero-order valence-electron chi connectivity index (χ0n) is 19.7. The topological polar surface area (TPSA) is 69.0 Å². The first-order chi connectivity index (χ1) is 16.6. The van der Waals surface area contributed by atoms with Crippen molar-refractivity contribution in [3.8, 4) is 35.4 Å². The van der Waals surface area contributed by atoms with Crippen molar-refractivity contribution in [1.29, 1.82) is 0 Å². The molecule has 3 aromatic rings. The maximum Gasteiger partial charge on any atom is 0.227 e. The molecule has 0 radical (unpaired) electrons. The summed E-state index contributed by atoms with van der Waals surface area (Å²) in [6.45, 7) is 3.49. The van der Waals surface area contributed by atoms with E-state index in [1.807, 2.05) is 66.2 Å². The van der Waals surface area contributed by atoms with Crippen LogP contribution in [0.5, 0.6) is 17.4 Å². The van der Waals surface area contributed by atoms with E-state index in [-0.39, 0.29) is 13.2 Å². The second-order valence-electron chi connectivity index (χ2n) is 8.43. The van der Waals surface area contributed by atoms with Crippen LogP contribution in [0.2, 0.25) is 0 Å². The first-order valence-corrected chi connectivity index (χ1v) is 11.5. The van der Waals surface area contributed by atoms with Gasteiger partial charge in [-0.05, 0) is 44.0 Å². The van der Waals surface area contributed by atoms with Gasteiger partial charge in [0.15, 0.2) is 0 Å². The van der Waals surface area contributed by atoms with Gasteiger partial charge in [-0.3, -0.25) is 4.90 Å². The van der Waals surface area contributed by atoms with Crippen molar-refractivity contribution in [2.24, 2.45) is 0 Å². The summed E-state index contributed by atoms with van der Waals surface area (Å²) < 4.78 is 19.0. The summed E-state index contributed by atoms with van der Waals surface area (Å²) in [5, 5.41) is 15.3. The van der Waals surface area contributed by atoms with Crippen LogP contribution >= 0.6 is 0 Å². The van der Waals surface area contributed by atoms with Crippen LogP contribution in [0.1, 0.15) is 24.1 Å². The summed E-state index contributed by atoms with van der Waals surface area (Å²) in [5.74, 6) is 4.47. The molecule has 34 heavy (non-hydrogen) atoms. The van der Waals surface area contributed by atoms with E-state index in [2.05, 4.69) is 10.8 Å². The summed E-state index contributed by atoms with van der Waals surface area (Å²) in [6, 6.07) is 17.9. The second-order valence-corrected chi connectivity index (χ2v) is 8.43. The number of aliphatic hydroxyl groups is 1. The molecule has 1 aliphatic carbocycles. The number of hydrogen-bond acceptors (Lipinski definition) is 6. The molecule has 1 N–H and O–H groups in total. The Bertz CT molecular complexity index is 1120. The smallest absolute Gasteiger partial charge is 0.227 e. The van der Waals surface area contributed by atoms with Crippen LogP contribution in [0, 0.1) is 19.3 Å². The van der Waals surface area contributed by atoms with Crippen molar-refractivity contribution in [3.63, 3.8) is 0 Å². The van der Waals surface area contributed by atoms with Gasteiger partial charge in [-0.1, -0.05) is 30.2 Å². The van der Waals surface area contributed by atoms with E-state index in [1.54, 1.807) is 7.11 Å². The molecule has 1 aliphatic rings. The molecule has 1 saturated carbocycles. The molecule has 0 aliphatic heterocycles. The average Bonchev–Trinajstić information content (AvgIpc) is 3.66. The van der Waals surface area contributed by atoms with Gasteiger partial charge in [-0.25, -0.2) is 4.68 Å². The molecule has 7 nitrogen and oxygen atoms in total. The van der Waals surface area contributed by atoms with Crippen molar-refractivity contribution >= 4 is 0 Å². The molecule has 0 spiro atoms. The summed E-state index contributed by atoms with van der Waals surface area (Å²) in [7, 11) is 1.63. The number of methoxy groups -OCH3 is 1. The first-order valence-electron chi connectivity index (χ1n) is 11.5. The van der Waals surface area contributed by atoms with E-state index >= 15 is 0 Å². The molecule has 178 valence electrons. The number of hydrogen-bond donors (Lipinski definition) is 1. The highest BCUT2D eigenvalue weighted by Crippen LogP contribution is 2.35. The fraction of sp³-hybridized carbons (Fsp3) is 0.370. The average molecular weight is 462 g/mol. The van der Waals surface area contributed by atoms with E-state index in [0.717, 1.165) is 35.5 Å². The minimum atomic E-state index is -0.624. The first kappa shape index (κ1) is 23.8. The maximum atomic E-state index is 10.5. The number of benzene rings is 2. The zero-order chi connectivity index (χ0) is 23.9. The fourth-order valence-corrected chi connectivity index (χ4v) is 3.91. The Kier molecular flexibility index (Phi) is 7.86. The van der Waals surface area contributed by atoms with Crippen molar-refractivity contribution in [1.82, 2.24) is 14.7 Å². The van der Waals surface area contributed by atoms with Crippen LogP contribution in [0.3, 0.4) is 0 Å². The highest BCUT2D eigenvalue weighted by atomic mass is 16.5. The van der Waals surface area contributed by atoms with Gasteiger partial charge >= 0.3 is 0 Å². The van der Waals surface area contributed by atoms with Crippen molar-refractivity contribution in [2.45, 2.75) is 38.5 Å². The number of rotatable bonds is 12. The van der Waals surface area contributed by atoms with E-state index in [4.69, 9.17) is 25.7 Å². The predicted octanol–water partition coefficient (Wildman–Crippen LogP) is 3.96. The lowest BCUT2D eigenvalue weighted by Crippen LogP contribution is -2.36. The monoisotopic (exact) mass is 461 g/mol. The van der Waals surface area contributed by atoms with Crippen LogP contribution in [-0.4, -0.2) is 58.8 Å². The Morgan fingerprint density at radius 2 is 1.94 bits per heavy atom. The van der Waals surface area contributed by atoms with Crippen LogP contribution < -0.4 is 9.47 Å². The summed E-state index contributed by atoms with van der Waals surface area (Å²) in [6.07, 6.45) is 6.83. The Labute approximate surface area is 200 Å². The largest absolute Gasteiger partial charge is 0.497 e. The number of aromatic nitrogens is 2. The molecule has 7 heteroatoms. The van der Waals surface area contributed by atoms with Gasteiger partial charge < -0.3 is 19.3 Å². The molecule has 0 saturated heterocycles. The van der Waals surface area contributed by atoms with Gasteiger partial charge in [-0.2, -0.15) is 5.10 Å². The summed E-state index contributed by atoms with van der Waals surface area (Å²) in [5.41, 5.74) is 2.77. The predicted molar refractivity (Wildman–Crippen MR) is 130 cm³/mol. The molecule has 1 heterocycles. The van der Waals surface area contributed by atoms with E-state index in [9.17, 15) is 5.11 Å². The molecular formula is C27H31N3O4. The van der Waals surface area contributed by atoms with Gasteiger partial charge in [0.25, 0.3) is 0 Å². The third kappa shape index (κ3) is 5.97. The molecule has 1 atom stereocenters. The Balaban J connectivity index is 1.64. The zero-order valence-corrected chi connectivity index (χ0v) is 19.7. The number of aryl methyl sites for hydroxylation is 1. The molecule has 0 amide bonds. The Morgan fingerprint density at radius 1 is 1.18 bits per heavy atom. The minimum absolute atomic E-state index is 0.196. The lowest BCUT2D eigenvalue weighted by atomic mass is 10.2. The number of ether oxygens (including phenoxy) is 3. The number of terminal acetylenes is 1. The maximum absolute atomic E-state index is 10.5. The number of nitrogens with zero attached hydrogens (tertiary/aromatic N) is 3. The second kappa shape index (κ2) is 11.2. The highest BCUT2D eigenvalue weighted by Gasteiger charge is 2.32. The summed E-state index contributed by atoms with van der Waals surface area (Å²) in [4.78, 5) is 2.28. The Hall–Kier alpha value is -3.31. The van der Waals surface area contributed by atoms with Crippen molar-refractivity contribution < 1.29 is 19.3 Å². The number of aliphatic hydroxyl groups excluding tert-OH is 1. The lowest BCUT2D eigenvalue weighted by molar-refractivity contribution is 0.0240. The molecule has 1 unspecified atom stereocenters. The van der Waals surface area contributed by atoms with Gasteiger partial charge in [0, 0.05) is 25.2 Å². The van der Waals surface area contributed by atoms with Crippen molar-refractivity contribution in [2.75, 3.05) is 26.9 Å². The highest BCUT2D eigenvalue weighted by molar-refractivity contribution is 5.44. The van der Waals surface area contributed by atoms with Gasteiger partial charge in [-0.15, -0.1) is 6.42 Å². The fourth-order valence-electron chi connectivity index (χ4n) is 3.91. The molecule has 4 rings (SSSR count). The van der Waals surface area contributed by atoms with Crippen LogP contribution in [-0.2, 0) is 11.3 Å². The van der Waals surface area contributed by atoms with Crippen LogP contribution in [0.4, 0.5) is 0 Å². The van der Waals surface area contributed by atoms with Gasteiger partial charge in [0.05, 0.1) is 36.8 Å². The Morgan fingerprint density at radius 3 is 2.65 bits per heavy atom. The molecule has 1 fully saturated rings. The van der Waals surface area contributed by atoms with Crippen LogP contribution in [0.25, 0.3) is 5.69 Å². The van der Waals surface area contributed by atoms with Gasteiger partial charge in [0.2, 0.25) is 5.88 Å². The normalized spacial score (nSPS) is 14.1. The lowest BCUT2D eigenvalue weighted by Gasteiger charge is -2.25. The third-order valence-electron chi connectivity index (χ3n) is 5.76. The molecule has 2 aromatic carbocycles. The molecule has 0 bridgehead atoms. The third-order valence-corrected chi connectivity index (χ3v) is 5.76. The van der Waals surface area contributed by atoms with E-state index < -0.39 is 6.10 Å². The van der Waals surface area contributed by atoms with Crippen LogP contribution in [0.15, 0.2) is 54.6 Å². The van der Waals surface area contributed by atoms with Gasteiger partial charge in [0.1, 0.15) is 18.1 Å². The number of para-hydroxylation sites is 1. The quantitative estimate of drug-likeness (QED) is 0.325. The molecular weight excluding hydrogens is 430 g/mol. The van der Waals surface area contributed by atoms with E-state index in [0.29, 0.717) is 30.8 Å². The standard InChI is InChI=1S/C27H31N3O4/c1-4-15-33-19-23(31)17-29(21-13-14-21)18-26-20(2)28-30(22-9-6-5-7-10-22)27(26)34-25-12-8-11-24(16-25)32-3/h1,5-12,16,21,23,31H,13-15,17-19H2,2-3H3. The SMILES string of the molecule is C#CCOCC(O)CN(Cc1c(C)nn(-c2ccccc2)c1Oc1cccc(OC)c1)C1CC1. The summed E-state index contributed by atoms with van der Waals surface area (Å²) >= 11 is 0. The molecule has 1 aromatic heterocycles. The van der Waals surface area contributed by atoms with E-state index in [1.165, 1.54) is 0 Å².